The van der Waals surface area contributed by atoms with Crippen LogP contribution in [0, 0.1) is 0 Å². The molecule has 15 heavy (non-hydrogen) atoms. The van der Waals surface area contributed by atoms with Crippen LogP contribution in [-0.4, -0.2) is 30.0 Å². The lowest BCUT2D eigenvalue weighted by Crippen LogP contribution is -2.43. The predicted molar refractivity (Wildman–Crippen MR) is 51.6 cm³/mol. The summed E-state index contributed by atoms with van der Waals surface area (Å²) in [6.45, 7) is 0.862. The van der Waals surface area contributed by atoms with Crippen LogP contribution in [0.2, 0.25) is 0 Å². The normalized spacial score (nSPS) is 25.2. The number of nitrogens with one attached hydrogen (secondary N) is 1. The maximum absolute atomic E-state index is 11.9. The fourth-order valence-electron chi connectivity index (χ4n) is 1.92. The molecular formula is C10H18F3NO. The van der Waals surface area contributed by atoms with Crippen LogP contribution in [0.25, 0.3) is 0 Å². The van der Waals surface area contributed by atoms with E-state index in [1.54, 1.807) is 0 Å². The van der Waals surface area contributed by atoms with Crippen LogP contribution >= 0.6 is 0 Å². The second-order valence-electron chi connectivity index (χ2n) is 4.13. The van der Waals surface area contributed by atoms with Gasteiger partial charge in [0, 0.05) is 12.5 Å². The quantitative estimate of drug-likeness (QED) is 0.769. The van der Waals surface area contributed by atoms with Crippen molar-refractivity contribution < 1.29 is 18.3 Å². The Morgan fingerprint density at radius 1 is 1.33 bits per heavy atom. The SMILES string of the molecule is OC(CCCC(F)(F)F)C1CCCCN1. The van der Waals surface area contributed by atoms with E-state index in [4.69, 9.17) is 0 Å². The zero-order valence-electron chi connectivity index (χ0n) is 8.69. The first-order chi connectivity index (χ1) is 6.99. The summed E-state index contributed by atoms with van der Waals surface area (Å²) in [4.78, 5) is 0. The number of halogens is 3. The van der Waals surface area contributed by atoms with Gasteiger partial charge in [0.15, 0.2) is 0 Å². The first-order valence-corrected chi connectivity index (χ1v) is 5.47. The van der Waals surface area contributed by atoms with Crippen molar-refractivity contribution in [3.8, 4) is 0 Å². The molecule has 0 aliphatic carbocycles. The number of aliphatic hydroxyl groups is 1. The van der Waals surface area contributed by atoms with Crippen molar-refractivity contribution in [1.82, 2.24) is 5.32 Å². The van der Waals surface area contributed by atoms with E-state index in [9.17, 15) is 18.3 Å². The van der Waals surface area contributed by atoms with Gasteiger partial charge in [-0.25, -0.2) is 0 Å². The van der Waals surface area contributed by atoms with E-state index < -0.39 is 18.7 Å². The minimum Gasteiger partial charge on any atom is -0.392 e. The van der Waals surface area contributed by atoms with Crippen molar-refractivity contribution in [2.24, 2.45) is 0 Å². The third kappa shape index (κ3) is 5.37. The number of piperidine rings is 1. The predicted octanol–water partition coefficient (Wildman–Crippen LogP) is 2.22. The van der Waals surface area contributed by atoms with E-state index in [2.05, 4.69) is 5.32 Å². The Kier molecular flexibility index (Phi) is 4.86. The number of alkyl halides is 3. The maximum Gasteiger partial charge on any atom is 0.389 e. The molecule has 2 atom stereocenters. The minimum absolute atomic E-state index is 0.00742. The lowest BCUT2D eigenvalue weighted by Gasteiger charge is -2.28. The van der Waals surface area contributed by atoms with Crippen molar-refractivity contribution in [3.63, 3.8) is 0 Å². The molecule has 2 N–H and O–H groups in total. The van der Waals surface area contributed by atoms with Gasteiger partial charge >= 0.3 is 6.18 Å². The fourth-order valence-corrected chi connectivity index (χ4v) is 1.92. The highest BCUT2D eigenvalue weighted by Crippen LogP contribution is 2.23. The smallest absolute Gasteiger partial charge is 0.389 e. The Hall–Kier alpha value is -0.290. The second kappa shape index (κ2) is 5.70. The number of aliphatic hydroxyl groups excluding tert-OH is 1. The van der Waals surface area contributed by atoms with Crippen LogP contribution in [0.5, 0.6) is 0 Å². The van der Waals surface area contributed by atoms with Crippen molar-refractivity contribution in [3.05, 3.63) is 0 Å². The average molecular weight is 225 g/mol. The molecule has 0 amide bonds. The van der Waals surface area contributed by atoms with E-state index in [0.29, 0.717) is 0 Å². The molecular weight excluding hydrogens is 207 g/mol. The zero-order chi connectivity index (χ0) is 11.3. The molecule has 0 spiro atoms. The molecule has 2 nitrogen and oxygen atoms in total. The highest BCUT2D eigenvalue weighted by Gasteiger charge is 2.28. The van der Waals surface area contributed by atoms with Crippen LogP contribution in [0.4, 0.5) is 13.2 Å². The third-order valence-electron chi connectivity index (χ3n) is 2.77. The van der Waals surface area contributed by atoms with E-state index in [-0.39, 0.29) is 18.9 Å². The highest BCUT2D eigenvalue weighted by atomic mass is 19.4. The molecule has 1 fully saturated rings. The van der Waals surface area contributed by atoms with Crippen molar-refractivity contribution in [1.29, 1.82) is 0 Å². The number of rotatable bonds is 4. The Balaban J connectivity index is 2.14. The molecule has 1 saturated heterocycles. The molecule has 0 radical (unpaired) electrons. The van der Waals surface area contributed by atoms with Crippen molar-refractivity contribution >= 4 is 0 Å². The maximum atomic E-state index is 11.9. The van der Waals surface area contributed by atoms with Crippen LogP contribution in [0.1, 0.15) is 38.5 Å². The van der Waals surface area contributed by atoms with Gasteiger partial charge in [-0.1, -0.05) is 6.42 Å². The first-order valence-electron chi connectivity index (χ1n) is 5.47. The standard InChI is InChI=1S/C10H18F3NO/c11-10(12,13)6-3-5-9(15)8-4-1-2-7-14-8/h8-9,14-15H,1-7H2. The molecule has 1 rings (SSSR count). The van der Waals surface area contributed by atoms with E-state index in [1.807, 2.05) is 0 Å². The Labute approximate surface area is 87.9 Å². The van der Waals surface area contributed by atoms with Crippen LogP contribution in [-0.2, 0) is 0 Å². The lowest BCUT2D eigenvalue weighted by atomic mass is 9.96. The van der Waals surface area contributed by atoms with Gasteiger partial charge in [-0.2, -0.15) is 13.2 Å². The number of hydrogen-bond acceptors (Lipinski definition) is 2. The summed E-state index contributed by atoms with van der Waals surface area (Å²) >= 11 is 0. The summed E-state index contributed by atoms with van der Waals surface area (Å²) in [6, 6.07) is -0.00742. The van der Waals surface area contributed by atoms with E-state index in [1.165, 1.54) is 0 Å². The van der Waals surface area contributed by atoms with Gasteiger partial charge in [-0.05, 0) is 32.2 Å². The Bertz CT molecular complexity index is 178. The van der Waals surface area contributed by atoms with Gasteiger partial charge < -0.3 is 10.4 Å². The molecule has 2 unspecified atom stereocenters. The molecule has 1 aliphatic rings. The summed E-state index contributed by atoms with van der Waals surface area (Å²) in [5.74, 6) is 0. The van der Waals surface area contributed by atoms with Crippen LogP contribution < -0.4 is 5.32 Å². The van der Waals surface area contributed by atoms with E-state index in [0.717, 1.165) is 25.8 Å². The highest BCUT2D eigenvalue weighted by molar-refractivity contribution is 4.79. The Morgan fingerprint density at radius 3 is 2.60 bits per heavy atom. The molecule has 1 aliphatic heterocycles. The number of hydrogen-bond donors (Lipinski definition) is 2. The first kappa shape index (κ1) is 12.8. The molecule has 0 saturated carbocycles. The fraction of sp³-hybridized carbons (Fsp3) is 1.00. The summed E-state index contributed by atoms with van der Waals surface area (Å²) in [5.41, 5.74) is 0. The van der Waals surface area contributed by atoms with Crippen LogP contribution in [0.15, 0.2) is 0 Å². The van der Waals surface area contributed by atoms with Gasteiger partial charge in [-0.15, -0.1) is 0 Å². The zero-order valence-corrected chi connectivity index (χ0v) is 8.69. The largest absolute Gasteiger partial charge is 0.392 e. The Morgan fingerprint density at radius 2 is 2.07 bits per heavy atom. The molecule has 0 aromatic heterocycles. The molecule has 0 aromatic rings. The van der Waals surface area contributed by atoms with Gasteiger partial charge in [0.05, 0.1) is 6.10 Å². The van der Waals surface area contributed by atoms with Gasteiger partial charge in [0.1, 0.15) is 0 Å². The van der Waals surface area contributed by atoms with Crippen LogP contribution in [0.3, 0.4) is 0 Å². The third-order valence-corrected chi connectivity index (χ3v) is 2.77. The lowest BCUT2D eigenvalue weighted by molar-refractivity contribution is -0.136. The molecule has 5 heteroatoms. The van der Waals surface area contributed by atoms with Gasteiger partial charge in [-0.3, -0.25) is 0 Å². The summed E-state index contributed by atoms with van der Waals surface area (Å²) < 4.78 is 35.6. The second-order valence-corrected chi connectivity index (χ2v) is 4.13. The van der Waals surface area contributed by atoms with Gasteiger partial charge in [0.2, 0.25) is 0 Å². The molecule has 1 heterocycles. The molecule has 0 bridgehead atoms. The molecule has 90 valence electrons. The monoisotopic (exact) mass is 225 g/mol. The average Bonchev–Trinajstić information content (AvgIpc) is 2.17. The van der Waals surface area contributed by atoms with E-state index >= 15 is 0 Å². The minimum atomic E-state index is -4.10. The summed E-state index contributed by atoms with van der Waals surface area (Å²) in [6.07, 6.45) is -2.27. The topological polar surface area (TPSA) is 32.3 Å². The van der Waals surface area contributed by atoms with Crippen molar-refractivity contribution in [2.75, 3.05) is 6.54 Å². The summed E-state index contributed by atoms with van der Waals surface area (Å²) in [7, 11) is 0. The molecule has 0 aromatic carbocycles. The summed E-state index contributed by atoms with van der Waals surface area (Å²) in [5, 5.41) is 12.8. The van der Waals surface area contributed by atoms with Crippen molar-refractivity contribution in [2.45, 2.75) is 56.8 Å². The van der Waals surface area contributed by atoms with Gasteiger partial charge in [0.25, 0.3) is 0 Å².